The summed E-state index contributed by atoms with van der Waals surface area (Å²) in [5.74, 6) is 1.06. The average molecular weight is 343 g/mol. The summed E-state index contributed by atoms with van der Waals surface area (Å²) in [5.41, 5.74) is 0.502. The molecule has 3 aliphatic rings. The van der Waals surface area contributed by atoms with E-state index in [0.717, 1.165) is 38.0 Å². The van der Waals surface area contributed by atoms with Crippen LogP contribution in [0.2, 0.25) is 0 Å². The van der Waals surface area contributed by atoms with Gasteiger partial charge in [-0.2, -0.15) is 0 Å². The third kappa shape index (κ3) is 2.78. The van der Waals surface area contributed by atoms with Crippen molar-refractivity contribution in [3.63, 3.8) is 0 Å². The Morgan fingerprint density at radius 2 is 1.92 bits per heavy atom. The van der Waals surface area contributed by atoms with Gasteiger partial charge in [-0.1, -0.05) is 12.1 Å². The van der Waals surface area contributed by atoms with Crippen molar-refractivity contribution in [3.05, 3.63) is 29.8 Å². The molecule has 1 saturated carbocycles. The van der Waals surface area contributed by atoms with Gasteiger partial charge >= 0.3 is 6.03 Å². The number of amides is 3. The minimum Gasteiger partial charge on any atom is -0.497 e. The van der Waals surface area contributed by atoms with Crippen LogP contribution in [0.15, 0.2) is 24.3 Å². The molecule has 1 aromatic rings. The van der Waals surface area contributed by atoms with Crippen LogP contribution < -0.4 is 10.1 Å². The van der Waals surface area contributed by atoms with E-state index in [1.807, 2.05) is 19.1 Å². The number of nitrogens with one attached hydrogen (secondary N) is 1. The summed E-state index contributed by atoms with van der Waals surface area (Å²) in [6.45, 7) is 3.13. The smallest absolute Gasteiger partial charge is 0.326 e. The van der Waals surface area contributed by atoms with Crippen LogP contribution >= 0.6 is 0 Å². The van der Waals surface area contributed by atoms with Crippen LogP contribution in [0.25, 0.3) is 0 Å². The van der Waals surface area contributed by atoms with E-state index in [4.69, 9.17) is 4.74 Å². The number of carbonyl (C=O) groups excluding carboxylic acids is 2. The Morgan fingerprint density at radius 3 is 2.56 bits per heavy atom. The highest BCUT2D eigenvalue weighted by Crippen LogP contribution is 2.43. The van der Waals surface area contributed by atoms with Crippen LogP contribution in [-0.4, -0.2) is 47.6 Å². The lowest BCUT2D eigenvalue weighted by Crippen LogP contribution is -2.47. The Bertz CT molecular complexity index is 686. The maximum atomic E-state index is 12.8. The lowest BCUT2D eigenvalue weighted by Gasteiger charge is -2.29. The number of urea groups is 1. The molecule has 1 N–H and O–H groups in total. The van der Waals surface area contributed by atoms with Crippen molar-refractivity contribution in [3.8, 4) is 5.75 Å². The minimum atomic E-state index is -0.702. The molecule has 1 aromatic carbocycles. The highest BCUT2D eigenvalue weighted by molar-refractivity contribution is 6.07. The van der Waals surface area contributed by atoms with Gasteiger partial charge in [0.1, 0.15) is 11.3 Å². The van der Waals surface area contributed by atoms with Gasteiger partial charge in [0, 0.05) is 12.6 Å². The molecule has 1 aliphatic carbocycles. The molecular formula is C19H25N3O3. The van der Waals surface area contributed by atoms with E-state index in [-0.39, 0.29) is 18.0 Å². The highest BCUT2D eigenvalue weighted by atomic mass is 16.5. The molecule has 3 amide bonds. The summed E-state index contributed by atoms with van der Waals surface area (Å²) in [5, 5.41) is 2.93. The summed E-state index contributed by atoms with van der Waals surface area (Å²) >= 11 is 0. The van der Waals surface area contributed by atoms with Crippen molar-refractivity contribution >= 4 is 11.9 Å². The molecule has 4 rings (SSSR count). The second kappa shape index (κ2) is 6.02. The molecule has 2 aliphatic heterocycles. The van der Waals surface area contributed by atoms with E-state index in [9.17, 15) is 9.59 Å². The quantitative estimate of drug-likeness (QED) is 0.835. The predicted octanol–water partition coefficient (Wildman–Crippen LogP) is 2.51. The molecule has 25 heavy (non-hydrogen) atoms. The standard InChI is InChI=1S/C19H25N3O3/c1-19(14-7-8-14)17(23)22(18(24)20-19)12-21-11-3-4-16(21)13-5-9-15(25-2)10-6-13/h5-6,9-10,14,16H,3-4,7-8,11-12H2,1-2H3,(H,20,24)/t16-,19+/m1/s1. The largest absolute Gasteiger partial charge is 0.497 e. The zero-order chi connectivity index (χ0) is 17.6. The van der Waals surface area contributed by atoms with Crippen LogP contribution in [0, 0.1) is 5.92 Å². The number of hydrogen-bond acceptors (Lipinski definition) is 4. The summed E-state index contributed by atoms with van der Waals surface area (Å²) in [6.07, 6.45) is 4.15. The molecule has 0 aromatic heterocycles. The number of methoxy groups -OCH3 is 1. The molecule has 0 bridgehead atoms. The molecule has 0 unspecified atom stereocenters. The van der Waals surface area contributed by atoms with E-state index in [1.54, 1.807) is 7.11 Å². The molecule has 0 radical (unpaired) electrons. The van der Waals surface area contributed by atoms with Crippen molar-refractivity contribution in [2.75, 3.05) is 20.3 Å². The Hall–Kier alpha value is -2.08. The van der Waals surface area contributed by atoms with Gasteiger partial charge in [-0.15, -0.1) is 0 Å². The molecular weight excluding hydrogens is 318 g/mol. The maximum absolute atomic E-state index is 12.8. The Balaban J connectivity index is 1.49. The van der Waals surface area contributed by atoms with Crippen molar-refractivity contribution in [1.82, 2.24) is 15.1 Å². The fourth-order valence-corrected chi connectivity index (χ4v) is 4.16. The number of imide groups is 1. The topological polar surface area (TPSA) is 61.9 Å². The second-order valence-electron chi connectivity index (χ2n) is 7.52. The number of carbonyl (C=O) groups is 2. The maximum Gasteiger partial charge on any atom is 0.326 e. The fraction of sp³-hybridized carbons (Fsp3) is 0.579. The fourth-order valence-electron chi connectivity index (χ4n) is 4.16. The number of benzene rings is 1. The number of hydrogen-bond donors (Lipinski definition) is 1. The Morgan fingerprint density at radius 1 is 1.20 bits per heavy atom. The number of likely N-dealkylation sites (tertiary alicyclic amines) is 1. The lowest BCUT2D eigenvalue weighted by atomic mass is 9.96. The molecule has 2 heterocycles. The monoisotopic (exact) mass is 343 g/mol. The molecule has 3 fully saturated rings. The second-order valence-corrected chi connectivity index (χ2v) is 7.52. The van der Waals surface area contributed by atoms with Gasteiger partial charge in [-0.25, -0.2) is 9.69 Å². The number of nitrogens with zero attached hydrogens (tertiary/aromatic N) is 2. The highest BCUT2D eigenvalue weighted by Gasteiger charge is 2.56. The third-order valence-corrected chi connectivity index (χ3v) is 5.88. The van der Waals surface area contributed by atoms with Gasteiger partial charge in [0.2, 0.25) is 0 Å². The SMILES string of the molecule is COc1ccc([C@H]2CCCN2CN2C(=O)N[C@@](C)(C3CC3)C2=O)cc1. The normalized spacial score (nSPS) is 30.0. The summed E-state index contributed by atoms with van der Waals surface area (Å²) in [6, 6.07) is 8.05. The minimum absolute atomic E-state index is 0.0691. The number of rotatable bonds is 5. The predicted molar refractivity (Wildman–Crippen MR) is 93.0 cm³/mol. The first-order valence-electron chi connectivity index (χ1n) is 9.05. The van der Waals surface area contributed by atoms with Crippen LogP contribution in [0.3, 0.4) is 0 Å². The van der Waals surface area contributed by atoms with Crippen LogP contribution in [0.1, 0.15) is 44.2 Å². The number of ether oxygens (including phenoxy) is 1. The van der Waals surface area contributed by atoms with E-state index in [1.165, 1.54) is 10.5 Å². The van der Waals surface area contributed by atoms with Crippen LogP contribution in [0.4, 0.5) is 4.79 Å². The van der Waals surface area contributed by atoms with Crippen LogP contribution in [0.5, 0.6) is 5.75 Å². The van der Waals surface area contributed by atoms with Crippen molar-refractivity contribution < 1.29 is 14.3 Å². The lowest BCUT2D eigenvalue weighted by molar-refractivity contribution is -0.133. The molecule has 134 valence electrons. The van der Waals surface area contributed by atoms with Gasteiger partial charge in [-0.05, 0) is 56.2 Å². The van der Waals surface area contributed by atoms with Gasteiger partial charge in [0.05, 0.1) is 13.8 Å². The van der Waals surface area contributed by atoms with E-state index >= 15 is 0 Å². The van der Waals surface area contributed by atoms with E-state index in [0.29, 0.717) is 12.6 Å². The third-order valence-electron chi connectivity index (χ3n) is 5.88. The van der Waals surface area contributed by atoms with Gasteiger partial charge in [0.25, 0.3) is 5.91 Å². The Kier molecular flexibility index (Phi) is 3.95. The molecule has 2 saturated heterocycles. The first-order valence-corrected chi connectivity index (χ1v) is 9.05. The molecule has 2 atom stereocenters. The van der Waals surface area contributed by atoms with Crippen LogP contribution in [-0.2, 0) is 4.79 Å². The van der Waals surface area contributed by atoms with E-state index < -0.39 is 5.54 Å². The first-order chi connectivity index (χ1) is 12.0. The molecule has 6 nitrogen and oxygen atoms in total. The summed E-state index contributed by atoms with van der Waals surface area (Å²) in [4.78, 5) is 28.9. The van der Waals surface area contributed by atoms with Gasteiger partial charge in [-0.3, -0.25) is 9.69 Å². The Labute approximate surface area is 148 Å². The van der Waals surface area contributed by atoms with Crippen molar-refractivity contribution in [2.45, 2.75) is 44.2 Å². The zero-order valence-electron chi connectivity index (χ0n) is 14.8. The molecule has 6 heteroatoms. The summed E-state index contributed by atoms with van der Waals surface area (Å²) < 4.78 is 5.23. The van der Waals surface area contributed by atoms with Crippen molar-refractivity contribution in [2.24, 2.45) is 5.92 Å². The van der Waals surface area contributed by atoms with Gasteiger partial charge < -0.3 is 10.1 Å². The van der Waals surface area contributed by atoms with E-state index in [2.05, 4.69) is 22.3 Å². The summed E-state index contributed by atoms with van der Waals surface area (Å²) in [7, 11) is 1.66. The average Bonchev–Trinajstić information content (AvgIpc) is 3.34. The van der Waals surface area contributed by atoms with Gasteiger partial charge in [0.15, 0.2) is 0 Å². The van der Waals surface area contributed by atoms with Crippen molar-refractivity contribution in [1.29, 1.82) is 0 Å². The first kappa shape index (κ1) is 16.4. The zero-order valence-corrected chi connectivity index (χ0v) is 14.8. The molecule has 0 spiro atoms.